The second-order valence-electron chi connectivity index (χ2n) is 6.49. The molecule has 0 spiro atoms. The van der Waals surface area contributed by atoms with Gasteiger partial charge in [0.25, 0.3) is 0 Å². The van der Waals surface area contributed by atoms with Gasteiger partial charge in [0.2, 0.25) is 5.91 Å². The molecule has 26 heavy (non-hydrogen) atoms. The maximum atomic E-state index is 13.1. The van der Waals surface area contributed by atoms with Crippen LogP contribution in [0.15, 0.2) is 36.4 Å². The van der Waals surface area contributed by atoms with Crippen molar-refractivity contribution in [2.75, 3.05) is 18.6 Å². The largest absolute Gasteiger partial charge is 0.464 e. The number of aromatic nitrogens is 1. The summed E-state index contributed by atoms with van der Waals surface area (Å²) in [5.41, 5.74) is 3.51. The molecular weight excluding hydrogens is 348 g/mol. The van der Waals surface area contributed by atoms with Crippen LogP contribution in [0.2, 0.25) is 0 Å². The van der Waals surface area contributed by atoms with Gasteiger partial charge in [-0.3, -0.25) is 4.79 Å². The number of hydrogen-bond donors (Lipinski definition) is 0. The molecule has 1 aliphatic heterocycles. The van der Waals surface area contributed by atoms with Crippen LogP contribution in [0.4, 0.5) is 5.69 Å². The van der Waals surface area contributed by atoms with Crippen molar-refractivity contribution in [1.29, 1.82) is 0 Å². The highest BCUT2D eigenvalue weighted by Crippen LogP contribution is 2.31. The minimum atomic E-state index is -0.419. The lowest BCUT2D eigenvalue weighted by Crippen LogP contribution is -2.38. The molecule has 5 nitrogen and oxygen atoms in total. The Bertz CT molecular complexity index is 1000. The molecule has 0 aliphatic carbocycles. The van der Waals surface area contributed by atoms with E-state index < -0.39 is 5.97 Å². The van der Waals surface area contributed by atoms with Crippen molar-refractivity contribution in [2.24, 2.45) is 0 Å². The Balaban J connectivity index is 1.71. The molecule has 3 heterocycles. The fourth-order valence-corrected chi connectivity index (χ4v) is 4.58. The number of fused-ring (bicyclic) bond motifs is 2. The van der Waals surface area contributed by atoms with Gasteiger partial charge in [0.05, 0.1) is 17.3 Å². The Hall–Kier alpha value is -2.60. The third-order valence-electron chi connectivity index (χ3n) is 4.81. The summed E-state index contributed by atoms with van der Waals surface area (Å²) in [7, 11) is 1.36. The van der Waals surface area contributed by atoms with Crippen LogP contribution in [0.5, 0.6) is 0 Å². The molecule has 6 heteroatoms. The minimum absolute atomic E-state index is 0.0105. The van der Waals surface area contributed by atoms with Gasteiger partial charge in [-0.2, -0.15) is 0 Å². The average Bonchev–Trinajstić information content (AvgIpc) is 3.17. The molecule has 0 N–H and O–H groups in total. The van der Waals surface area contributed by atoms with Crippen LogP contribution in [0, 0.1) is 6.92 Å². The van der Waals surface area contributed by atoms with Gasteiger partial charge in [-0.1, -0.05) is 18.2 Å². The SMILES string of the molecule is COC(=O)c1cc2sc(C)cc2n1CC(=O)N1CCCc2ccccc21. The van der Waals surface area contributed by atoms with Crippen molar-refractivity contribution >= 4 is 39.1 Å². The van der Waals surface area contributed by atoms with Gasteiger partial charge in [-0.15, -0.1) is 11.3 Å². The first kappa shape index (κ1) is 16.8. The number of methoxy groups -OCH3 is 1. The molecule has 1 aliphatic rings. The number of amides is 1. The fourth-order valence-electron chi connectivity index (χ4n) is 3.62. The van der Waals surface area contributed by atoms with Crippen molar-refractivity contribution < 1.29 is 14.3 Å². The first-order valence-corrected chi connectivity index (χ1v) is 9.46. The fraction of sp³-hybridized carbons (Fsp3) is 0.300. The summed E-state index contributed by atoms with van der Waals surface area (Å²) in [6, 6.07) is 11.9. The molecule has 3 aromatic rings. The van der Waals surface area contributed by atoms with Gasteiger partial charge >= 0.3 is 5.97 Å². The number of rotatable bonds is 3. The van der Waals surface area contributed by atoms with Gasteiger partial charge in [-0.05, 0) is 43.5 Å². The summed E-state index contributed by atoms with van der Waals surface area (Å²) in [5, 5.41) is 0. The first-order valence-electron chi connectivity index (χ1n) is 8.64. The van der Waals surface area contributed by atoms with E-state index >= 15 is 0 Å². The molecule has 0 radical (unpaired) electrons. The highest BCUT2D eigenvalue weighted by atomic mass is 32.1. The number of anilines is 1. The maximum Gasteiger partial charge on any atom is 0.354 e. The topological polar surface area (TPSA) is 51.5 Å². The van der Waals surface area contributed by atoms with Crippen LogP contribution < -0.4 is 4.90 Å². The van der Waals surface area contributed by atoms with E-state index in [-0.39, 0.29) is 12.5 Å². The van der Waals surface area contributed by atoms with Gasteiger partial charge < -0.3 is 14.2 Å². The number of aryl methyl sites for hydroxylation is 2. The summed E-state index contributed by atoms with van der Waals surface area (Å²) in [5.74, 6) is -0.429. The lowest BCUT2D eigenvalue weighted by Gasteiger charge is -2.29. The third kappa shape index (κ3) is 2.80. The summed E-state index contributed by atoms with van der Waals surface area (Å²) in [6.45, 7) is 2.85. The zero-order chi connectivity index (χ0) is 18.3. The normalized spacial score (nSPS) is 13.7. The second-order valence-corrected chi connectivity index (χ2v) is 7.78. The molecular formula is C20H20N2O3S. The molecule has 134 valence electrons. The highest BCUT2D eigenvalue weighted by molar-refractivity contribution is 7.19. The number of benzene rings is 1. The van der Waals surface area contributed by atoms with E-state index in [9.17, 15) is 9.59 Å². The van der Waals surface area contributed by atoms with Crippen LogP contribution in [0.1, 0.15) is 27.3 Å². The van der Waals surface area contributed by atoms with Crippen LogP contribution in [0.25, 0.3) is 10.2 Å². The molecule has 0 bridgehead atoms. The van der Waals surface area contributed by atoms with Crippen molar-refractivity contribution in [3.8, 4) is 0 Å². The first-order chi connectivity index (χ1) is 12.6. The summed E-state index contributed by atoms with van der Waals surface area (Å²) < 4.78 is 7.69. The molecule has 1 amide bonds. The summed E-state index contributed by atoms with van der Waals surface area (Å²) in [4.78, 5) is 28.3. The van der Waals surface area contributed by atoms with Crippen molar-refractivity contribution in [3.05, 3.63) is 52.5 Å². The molecule has 1 aromatic carbocycles. The van der Waals surface area contributed by atoms with E-state index in [2.05, 4.69) is 6.07 Å². The Morgan fingerprint density at radius 3 is 2.85 bits per heavy atom. The number of ether oxygens (including phenoxy) is 1. The number of hydrogen-bond acceptors (Lipinski definition) is 4. The number of carbonyl (C=O) groups is 2. The zero-order valence-corrected chi connectivity index (χ0v) is 15.6. The van der Waals surface area contributed by atoms with Gasteiger partial charge in [-0.25, -0.2) is 4.79 Å². The lowest BCUT2D eigenvalue weighted by atomic mass is 10.0. The molecule has 4 rings (SSSR count). The number of carbonyl (C=O) groups excluding carboxylic acids is 2. The smallest absolute Gasteiger partial charge is 0.354 e. The Labute approximate surface area is 155 Å². The Morgan fingerprint density at radius 1 is 1.23 bits per heavy atom. The zero-order valence-electron chi connectivity index (χ0n) is 14.8. The number of thiophene rings is 1. The lowest BCUT2D eigenvalue weighted by molar-refractivity contribution is -0.119. The Kier molecular flexibility index (Phi) is 4.28. The van der Waals surface area contributed by atoms with E-state index in [1.807, 2.05) is 42.2 Å². The van der Waals surface area contributed by atoms with Crippen LogP contribution >= 0.6 is 11.3 Å². The summed E-state index contributed by atoms with van der Waals surface area (Å²) in [6.07, 6.45) is 1.94. The van der Waals surface area contributed by atoms with E-state index in [4.69, 9.17) is 4.74 Å². The van der Waals surface area contributed by atoms with E-state index in [1.54, 1.807) is 15.9 Å². The molecule has 0 atom stereocenters. The van der Waals surface area contributed by atoms with Crippen molar-refractivity contribution in [2.45, 2.75) is 26.3 Å². The summed E-state index contributed by atoms with van der Waals surface area (Å²) >= 11 is 1.61. The van der Waals surface area contributed by atoms with E-state index in [0.717, 1.165) is 33.6 Å². The van der Waals surface area contributed by atoms with Crippen molar-refractivity contribution in [1.82, 2.24) is 4.57 Å². The maximum absolute atomic E-state index is 13.1. The molecule has 0 unspecified atom stereocenters. The molecule has 0 saturated heterocycles. The van der Waals surface area contributed by atoms with E-state index in [0.29, 0.717) is 12.2 Å². The average molecular weight is 368 g/mol. The predicted octanol–water partition coefficient (Wildman–Crippen LogP) is 3.78. The number of nitrogens with zero attached hydrogens (tertiary/aromatic N) is 2. The van der Waals surface area contributed by atoms with E-state index in [1.165, 1.54) is 12.7 Å². The second kappa shape index (κ2) is 6.61. The Morgan fingerprint density at radius 2 is 2.04 bits per heavy atom. The monoisotopic (exact) mass is 368 g/mol. The predicted molar refractivity (Wildman–Crippen MR) is 103 cm³/mol. The highest BCUT2D eigenvalue weighted by Gasteiger charge is 2.25. The van der Waals surface area contributed by atoms with Gasteiger partial charge in [0, 0.05) is 17.1 Å². The van der Waals surface area contributed by atoms with Crippen LogP contribution in [-0.4, -0.2) is 30.1 Å². The number of para-hydroxylation sites is 1. The number of esters is 1. The standard InChI is InChI=1S/C20H20N2O3S/c1-13-10-16-18(26-13)11-17(20(24)25-2)22(16)12-19(23)21-9-5-7-14-6-3-4-8-15(14)21/h3-4,6,8,10-11H,5,7,9,12H2,1-2H3. The quantitative estimate of drug-likeness (QED) is 0.661. The van der Waals surface area contributed by atoms with Gasteiger partial charge in [0.1, 0.15) is 12.2 Å². The van der Waals surface area contributed by atoms with Crippen LogP contribution in [0.3, 0.4) is 0 Å². The van der Waals surface area contributed by atoms with Crippen LogP contribution in [-0.2, 0) is 22.5 Å². The molecule has 0 fully saturated rings. The molecule has 0 saturated carbocycles. The molecule has 2 aromatic heterocycles. The third-order valence-corrected chi connectivity index (χ3v) is 5.80. The van der Waals surface area contributed by atoms with Crippen molar-refractivity contribution in [3.63, 3.8) is 0 Å². The van der Waals surface area contributed by atoms with Gasteiger partial charge in [0.15, 0.2) is 0 Å². The minimum Gasteiger partial charge on any atom is -0.464 e.